The molecule has 1 atom stereocenters. The number of nitrogens with zero attached hydrogens (tertiary/aromatic N) is 2. The van der Waals surface area contributed by atoms with E-state index in [1.165, 1.54) is 43.4 Å². The van der Waals surface area contributed by atoms with Gasteiger partial charge in [-0.2, -0.15) is 0 Å². The van der Waals surface area contributed by atoms with Gasteiger partial charge in [0.05, 0.1) is 0 Å². The van der Waals surface area contributed by atoms with Crippen molar-refractivity contribution in [1.82, 2.24) is 10.2 Å². The zero-order chi connectivity index (χ0) is 13.8. The molecule has 1 unspecified atom stereocenters. The third kappa shape index (κ3) is 3.55. The van der Waals surface area contributed by atoms with Gasteiger partial charge in [-0.25, -0.2) is 0 Å². The molecule has 5 nitrogen and oxygen atoms in total. The van der Waals surface area contributed by atoms with Crippen LogP contribution >= 0.6 is 11.3 Å². The van der Waals surface area contributed by atoms with E-state index in [1.807, 2.05) is 0 Å². The maximum atomic E-state index is 12.0. The molecule has 2 aliphatic rings. The normalized spacial score (nSPS) is 23.9. The molecule has 0 radical (unpaired) electrons. The Balaban J connectivity index is 1.50. The van der Waals surface area contributed by atoms with Crippen molar-refractivity contribution in [2.75, 3.05) is 11.9 Å². The lowest BCUT2D eigenvalue weighted by Crippen LogP contribution is -2.18. The Morgan fingerprint density at radius 1 is 1.20 bits per heavy atom. The topological polar surface area (TPSA) is 64.1 Å². The molecule has 2 heterocycles. The number of carbonyl (C=O) groups excluding carboxylic acids is 1. The molecule has 0 aromatic carbocycles. The van der Waals surface area contributed by atoms with Crippen LogP contribution < -0.4 is 5.32 Å². The fraction of sp³-hybridized carbons (Fsp3) is 0.786. The van der Waals surface area contributed by atoms with Crippen molar-refractivity contribution in [2.45, 2.75) is 57.5 Å². The zero-order valence-corrected chi connectivity index (χ0v) is 12.5. The Bertz CT molecular complexity index is 451. The number of aromatic nitrogens is 2. The molecule has 1 saturated carbocycles. The van der Waals surface area contributed by atoms with E-state index in [0.717, 1.165) is 24.5 Å². The van der Waals surface area contributed by atoms with Gasteiger partial charge in [0.1, 0.15) is 11.1 Å². The summed E-state index contributed by atoms with van der Waals surface area (Å²) in [6, 6.07) is 0. The summed E-state index contributed by atoms with van der Waals surface area (Å²) < 4.78 is 5.57. The average Bonchev–Trinajstić information content (AvgIpc) is 3.10. The van der Waals surface area contributed by atoms with Crippen LogP contribution in [0.3, 0.4) is 0 Å². The molecule has 1 aromatic heterocycles. The van der Waals surface area contributed by atoms with E-state index in [2.05, 4.69) is 15.5 Å². The first-order chi connectivity index (χ1) is 9.81. The van der Waals surface area contributed by atoms with Gasteiger partial charge in [-0.05, 0) is 31.6 Å². The number of hydrogen-bond donors (Lipinski definition) is 1. The first-order valence-electron chi connectivity index (χ1n) is 7.56. The summed E-state index contributed by atoms with van der Waals surface area (Å²) in [6.07, 6.45) is 9.00. The highest BCUT2D eigenvalue weighted by Crippen LogP contribution is 2.32. The van der Waals surface area contributed by atoms with Crippen LogP contribution in [0.1, 0.15) is 62.5 Å². The summed E-state index contributed by atoms with van der Waals surface area (Å²) in [4.78, 5) is 12.0. The van der Waals surface area contributed by atoms with Crippen molar-refractivity contribution in [1.29, 1.82) is 0 Å². The fourth-order valence-electron chi connectivity index (χ4n) is 3.01. The molecule has 1 saturated heterocycles. The second-order valence-electron chi connectivity index (χ2n) is 5.70. The largest absolute Gasteiger partial charge is 0.371 e. The van der Waals surface area contributed by atoms with E-state index in [0.29, 0.717) is 17.5 Å². The van der Waals surface area contributed by atoms with E-state index in [4.69, 9.17) is 4.74 Å². The summed E-state index contributed by atoms with van der Waals surface area (Å²) >= 11 is 1.44. The number of rotatable bonds is 4. The van der Waals surface area contributed by atoms with Gasteiger partial charge in [0.25, 0.3) is 0 Å². The highest BCUT2D eigenvalue weighted by molar-refractivity contribution is 7.15. The van der Waals surface area contributed by atoms with Crippen molar-refractivity contribution in [3.05, 3.63) is 5.01 Å². The van der Waals surface area contributed by atoms with Crippen molar-refractivity contribution in [2.24, 2.45) is 5.92 Å². The Hall–Kier alpha value is -1.01. The lowest BCUT2D eigenvalue weighted by molar-refractivity contribution is -0.117. The average molecular weight is 295 g/mol. The number of ether oxygens (including phenoxy) is 1. The molecular weight excluding hydrogens is 274 g/mol. The first kappa shape index (κ1) is 13.9. The molecule has 1 N–H and O–H groups in total. The molecule has 1 aliphatic heterocycles. The van der Waals surface area contributed by atoms with Gasteiger partial charge in [-0.3, -0.25) is 4.79 Å². The number of carbonyl (C=O) groups is 1. The summed E-state index contributed by atoms with van der Waals surface area (Å²) in [6.45, 7) is 0.799. The molecule has 0 spiro atoms. The minimum atomic E-state index is 0.0759. The smallest absolute Gasteiger partial charge is 0.226 e. The van der Waals surface area contributed by atoms with Crippen LogP contribution in [0.15, 0.2) is 0 Å². The first-order valence-corrected chi connectivity index (χ1v) is 8.38. The lowest BCUT2D eigenvalue weighted by atomic mass is 9.87. The van der Waals surface area contributed by atoms with Crippen LogP contribution in [0, 0.1) is 5.92 Å². The minimum absolute atomic E-state index is 0.0759. The monoisotopic (exact) mass is 295 g/mol. The van der Waals surface area contributed by atoms with E-state index in [9.17, 15) is 4.79 Å². The minimum Gasteiger partial charge on any atom is -0.371 e. The van der Waals surface area contributed by atoms with Crippen LogP contribution in [0.5, 0.6) is 0 Å². The Morgan fingerprint density at radius 2 is 2.05 bits per heavy atom. The van der Waals surface area contributed by atoms with Gasteiger partial charge >= 0.3 is 0 Å². The van der Waals surface area contributed by atoms with Crippen LogP contribution in [0.25, 0.3) is 0 Å². The second kappa shape index (κ2) is 6.63. The molecule has 110 valence electrons. The molecular formula is C14H21N3O2S. The Labute approximate surface area is 123 Å². The molecule has 20 heavy (non-hydrogen) atoms. The highest BCUT2D eigenvalue weighted by atomic mass is 32.1. The maximum absolute atomic E-state index is 12.0. The fourth-order valence-corrected chi connectivity index (χ4v) is 3.85. The maximum Gasteiger partial charge on any atom is 0.226 e. The third-order valence-corrected chi connectivity index (χ3v) is 5.02. The summed E-state index contributed by atoms with van der Waals surface area (Å²) in [5.74, 6) is 0.626. The Kier molecular flexibility index (Phi) is 4.62. The van der Waals surface area contributed by atoms with Gasteiger partial charge in [-0.15, -0.1) is 10.2 Å². The summed E-state index contributed by atoms with van der Waals surface area (Å²) in [5, 5.41) is 12.6. The standard InChI is InChI=1S/C14H21N3O2S/c18-12(9-10-5-2-1-3-6-10)15-14-17-16-13(20-14)11-7-4-8-19-11/h10-11H,1-9H2,(H,15,17,18). The van der Waals surface area contributed by atoms with Crippen molar-refractivity contribution < 1.29 is 9.53 Å². The molecule has 6 heteroatoms. The summed E-state index contributed by atoms with van der Waals surface area (Å²) in [7, 11) is 0. The highest BCUT2D eigenvalue weighted by Gasteiger charge is 2.23. The quantitative estimate of drug-likeness (QED) is 0.925. The van der Waals surface area contributed by atoms with Gasteiger partial charge in [0.15, 0.2) is 0 Å². The molecule has 3 rings (SSSR count). The zero-order valence-electron chi connectivity index (χ0n) is 11.6. The van der Waals surface area contributed by atoms with E-state index < -0.39 is 0 Å². The molecule has 1 aromatic rings. The predicted octanol–water partition coefficient (Wildman–Crippen LogP) is 3.30. The summed E-state index contributed by atoms with van der Waals surface area (Å²) in [5.41, 5.74) is 0. The van der Waals surface area contributed by atoms with E-state index in [-0.39, 0.29) is 12.0 Å². The molecule has 1 aliphatic carbocycles. The molecule has 2 fully saturated rings. The van der Waals surface area contributed by atoms with Crippen LogP contribution in [-0.4, -0.2) is 22.7 Å². The van der Waals surface area contributed by atoms with Gasteiger partial charge in [0, 0.05) is 13.0 Å². The van der Waals surface area contributed by atoms with Crippen LogP contribution in [-0.2, 0) is 9.53 Å². The van der Waals surface area contributed by atoms with Gasteiger partial charge < -0.3 is 10.1 Å². The third-order valence-electron chi connectivity index (χ3n) is 4.09. The van der Waals surface area contributed by atoms with E-state index in [1.54, 1.807) is 0 Å². The SMILES string of the molecule is O=C(CC1CCCCC1)Nc1nnc(C2CCCO2)s1. The number of nitrogens with one attached hydrogen (secondary N) is 1. The molecule has 0 bridgehead atoms. The van der Waals surface area contributed by atoms with Crippen molar-refractivity contribution in [3.8, 4) is 0 Å². The van der Waals surface area contributed by atoms with Crippen molar-refractivity contribution in [3.63, 3.8) is 0 Å². The number of anilines is 1. The van der Waals surface area contributed by atoms with E-state index >= 15 is 0 Å². The Morgan fingerprint density at radius 3 is 2.80 bits per heavy atom. The lowest BCUT2D eigenvalue weighted by Gasteiger charge is -2.20. The van der Waals surface area contributed by atoms with Crippen LogP contribution in [0.2, 0.25) is 0 Å². The molecule has 1 amide bonds. The second-order valence-corrected chi connectivity index (χ2v) is 6.71. The van der Waals surface area contributed by atoms with Crippen molar-refractivity contribution >= 4 is 22.4 Å². The predicted molar refractivity (Wildman–Crippen MR) is 77.7 cm³/mol. The van der Waals surface area contributed by atoms with Crippen LogP contribution in [0.4, 0.5) is 5.13 Å². The van der Waals surface area contributed by atoms with Gasteiger partial charge in [0.2, 0.25) is 11.0 Å². The van der Waals surface area contributed by atoms with Gasteiger partial charge in [-0.1, -0.05) is 30.6 Å². The number of hydrogen-bond acceptors (Lipinski definition) is 5. The number of amides is 1.